The van der Waals surface area contributed by atoms with E-state index in [2.05, 4.69) is 12.2 Å². The monoisotopic (exact) mass is 356 g/mol. The summed E-state index contributed by atoms with van der Waals surface area (Å²) in [5.74, 6) is 0.264. The largest absolute Gasteiger partial charge is 0.383 e. The third-order valence-electron chi connectivity index (χ3n) is 3.10. The third kappa shape index (κ3) is 8.19. The predicted octanol–water partition coefficient (Wildman–Crippen LogP) is 3.14. The number of hydrogen-bond donors (Lipinski definition) is 1. The second-order valence-corrected chi connectivity index (χ2v) is 8.46. The second kappa shape index (κ2) is 8.37. The van der Waals surface area contributed by atoms with Gasteiger partial charge in [-0.3, -0.25) is 0 Å². The maximum atomic E-state index is 12.4. The normalized spacial score (nSPS) is 11.9. The minimum absolute atomic E-state index is 0.104. The molecule has 1 aromatic rings. The molecule has 0 aromatic heterocycles. The molecule has 24 heavy (non-hydrogen) atoms. The van der Waals surface area contributed by atoms with Crippen LogP contribution in [0.5, 0.6) is 5.75 Å². The van der Waals surface area contributed by atoms with Crippen molar-refractivity contribution in [1.29, 1.82) is 0 Å². The Morgan fingerprint density at radius 2 is 1.79 bits per heavy atom. The number of nitrogens with one attached hydrogen (secondary N) is 1. The van der Waals surface area contributed by atoms with Crippen LogP contribution < -0.4 is 9.50 Å². The first-order valence-corrected chi connectivity index (χ1v) is 9.87. The Balaban J connectivity index is 2.80. The summed E-state index contributed by atoms with van der Waals surface area (Å²) in [6.07, 6.45) is 2.93. The number of rotatable bonds is 7. The van der Waals surface area contributed by atoms with E-state index < -0.39 is 10.1 Å². The highest BCUT2D eigenvalue weighted by atomic mass is 32.2. The summed E-state index contributed by atoms with van der Waals surface area (Å²) >= 11 is 0. The summed E-state index contributed by atoms with van der Waals surface area (Å²) in [6, 6.07) is 6.62. The minimum atomic E-state index is -3.53. The van der Waals surface area contributed by atoms with Crippen molar-refractivity contribution in [2.24, 2.45) is 0 Å². The molecule has 0 heterocycles. The van der Waals surface area contributed by atoms with Crippen LogP contribution in [-0.2, 0) is 16.7 Å². The molecule has 0 aliphatic rings. The number of amides is 2. The van der Waals surface area contributed by atoms with Crippen LogP contribution in [0.25, 0.3) is 0 Å². The summed E-state index contributed by atoms with van der Waals surface area (Å²) in [6.45, 7) is 9.04. The van der Waals surface area contributed by atoms with Crippen LogP contribution >= 0.6 is 0 Å². The van der Waals surface area contributed by atoms with Crippen LogP contribution in [0, 0.1) is 0 Å². The zero-order valence-electron chi connectivity index (χ0n) is 15.1. The summed E-state index contributed by atoms with van der Waals surface area (Å²) in [7, 11) is -3.53. The molecule has 1 rings (SSSR count). The number of nitrogens with zero attached hydrogens (tertiary/aromatic N) is 1. The number of benzene rings is 1. The van der Waals surface area contributed by atoms with E-state index in [4.69, 9.17) is 4.18 Å². The molecule has 0 saturated carbocycles. The minimum Gasteiger partial charge on any atom is -0.383 e. The lowest BCUT2D eigenvalue weighted by Crippen LogP contribution is -2.48. The quantitative estimate of drug-likeness (QED) is 0.762. The third-order valence-corrected chi connectivity index (χ3v) is 3.59. The zero-order valence-corrected chi connectivity index (χ0v) is 15.9. The molecular weight excluding hydrogens is 328 g/mol. The Morgan fingerprint density at radius 3 is 2.25 bits per heavy atom. The van der Waals surface area contributed by atoms with E-state index in [0.29, 0.717) is 13.1 Å². The highest BCUT2D eigenvalue weighted by Crippen LogP contribution is 2.16. The van der Waals surface area contributed by atoms with E-state index in [0.717, 1.165) is 24.7 Å². The van der Waals surface area contributed by atoms with Crippen molar-refractivity contribution in [2.45, 2.75) is 52.6 Å². The van der Waals surface area contributed by atoms with E-state index in [1.807, 2.05) is 20.8 Å². The van der Waals surface area contributed by atoms with Gasteiger partial charge in [-0.1, -0.05) is 25.5 Å². The summed E-state index contributed by atoms with van der Waals surface area (Å²) in [5.41, 5.74) is 0.616. The SMILES string of the molecule is CCCCN(Cc1ccc(OS(C)(=O)=O)cc1)C(=O)NC(C)(C)C. The Labute approximate surface area is 145 Å². The van der Waals surface area contributed by atoms with Crippen molar-refractivity contribution in [2.75, 3.05) is 12.8 Å². The molecule has 0 aliphatic heterocycles. The highest BCUT2D eigenvalue weighted by molar-refractivity contribution is 7.86. The molecule has 1 N–H and O–H groups in total. The van der Waals surface area contributed by atoms with Crippen molar-refractivity contribution in [3.8, 4) is 5.75 Å². The Kier molecular flexibility index (Phi) is 7.08. The molecule has 0 bridgehead atoms. The lowest BCUT2D eigenvalue weighted by Gasteiger charge is -2.28. The van der Waals surface area contributed by atoms with E-state index in [1.165, 1.54) is 0 Å². The molecule has 0 atom stereocenters. The van der Waals surface area contributed by atoms with Gasteiger partial charge in [-0.05, 0) is 44.9 Å². The number of carbonyl (C=O) groups is 1. The molecule has 0 spiro atoms. The van der Waals surface area contributed by atoms with Gasteiger partial charge in [-0.25, -0.2) is 4.79 Å². The molecule has 1 aromatic carbocycles. The van der Waals surface area contributed by atoms with Crippen molar-refractivity contribution in [3.05, 3.63) is 29.8 Å². The molecule has 2 amide bonds. The number of unbranched alkanes of at least 4 members (excludes halogenated alkanes) is 1. The number of urea groups is 1. The van der Waals surface area contributed by atoms with E-state index in [-0.39, 0.29) is 17.3 Å². The fraction of sp³-hybridized carbons (Fsp3) is 0.588. The molecule has 0 radical (unpaired) electrons. The Hall–Kier alpha value is -1.76. The van der Waals surface area contributed by atoms with Gasteiger partial charge in [0.2, 0.25) is 0 Å². The van der Waals surface area contributed by atoms with Gasteiger partial charge < -0.3 is 14.4 Å². The van der Waals surface area contributed by atoms with Crippen LogP contribution in [0.1, 0.15) is 46.1 Å². The molecule has 0 aliphatic carbocycles. The lowest BCUT2D eigenvalue weighted by molar-refractivity contribution is 0.185. The van der Waals surface area contributed by atoms with Gasteiger partial charge in [0.05, 0.1) is 6.26 Å². The summed E-state index contributed by atoms with van der Waals surface area (Å²) in [4.78, 5) is 14.2. The van der Waals surface area contributed by atoms with Crippen LogP contribution in [0.3, 0.4) is 0 Å². The van der Waals surface area contributed by atoms with Gasteiger partial charge in [-0.15, -0.1) is 0 Å². The van der Waals surface area contributed by atoms with Gasteiger partial charge in [-0.2, -0.15) is 8.42 Å². The van der Waals surface area contributed by atoms with Crippen LogP contribution in [-0.4, -0.2) is 37.7 Å². The molecule has 7 heteroatoms. The zero-order chi connectivity index (χ0) is 18.4. The first kappa shape index (κ1) is 20.3. The molecule has 0 fully saturated rings. The Morgan fingerprint density at radius 1 is 1.21 bits per heavy atom. The highest BCUT2D eigenvalue weighted by Gasteiger charge is 2.19. The fourth-order valence-corrected chi connectivity index (χ4v) is 2.51. The topological polar surface area (TPSA) is 75.7 Å². The molecule has 0 unspecified atom stereocenters. The molecule has 6 nitrogen and oxygen atoms in total. The van der Waals surface area contributed by atoms with Crippen molar-refractivity contribution < 1.29 is 17.4 Å². The fourth-order valence-electron chi connectivity index (χ4n) is 2.05. The number of carbonyl (C=O) groups excluding carboxylic acids is 1. The number of hydrogen-bond acceptors (Lipinski definition) is 4. The lowest BCUT2D eigenvalue weighted by atomic mass is 10.1. The predicted molar refractivity (Wildman–Crippen MR) is 95.5 cm³/mol. The maximum absolute atomic E-state index is 12.4. The van der Waals surface area contributed by atoms with E-state index in [1.54, 1.807) is 29.2 Å². The summed E-state index contributed by atoms with van der Waals surface area (Å²) < 4.78 is 27.1. The van der Waals surface area contributed by atoms with Gasteiger partial charge in [0, 0.05) is 18.6 Å². The van der Waals surface area contributed by atoms with Crippen molar-refractivity contribution >= 4 is 16.1 Å². The smallest absolute Gasteiger partial charge is 0.318 e. The Bertz CT molecular complexity index is 634. The van der Waals surface area contributed by atoms with Crippen molar-refractivity contribution in [3.63, 3.8) is 0 Å². The van der Waals surface area contributed by atoms with Crippen LogP contribution in [0.2, 0.25) is 0 Å². The van der Waals surface area contributed by atoms with Gasteiger partial charge in [0.25, 0.3) is 0 Å². The molecule has 0 saturated heterocycles. The van der Waals surface area contributed by atoms with Crippen LogP contribution in [0.15, 0.2) is 24.3 Å². The molecule has 136 valence electrons. The van der Waals surface area contributed by atoms with Gasteiger partial charge in [0.15, 0.2) is 0 Å². The molecular formula is C17H28N2O4S. The average Bonchev–Trinajstić information content (AvgIpc) is 2.41. The second-order valence-electron chi connectivity index (χ2n) is 6.89. The maximum Gasteiger partial charge on any atom is 0.318 e. The van der Waals surface area contributed by atoms with Crippen molar-refractivity contribution in [1.82, 2.24) is 10.2 Å². The van der Waals surface area contributed by atoms with E-state index >= 15 is 0 Å². The van der Waals surface area contributed by atoms with Crippen LogP contribution in [0.4, 0.5) is 4.79 Å². The first-order valence-electron chi connectivity index (χ1n) is 8.05. The van der Waals surface area contributed by atoms with E-state index in [9.17, 15) is 13.2 Å². The van der Waals surface area contributed by atoms with Gasteiger partial charge >= 0.3 is 16.1 Å². The summed E-state index contributed by atoms with van der Waals surface area (Å²) in [5, 5.41) is 2.97. The standard InChI is InChI=1S/C17H28N2O4S/c1-6-7-12-19(16(20)18-17(2,3)4)13-14-8-10-15(11-9-14)23-24(5,21)22/h8-11H,6-7,12-13H2,1-5H3,(H,18,20). The first-order chi connectivity index (χ1) is 11.0. The van der Waals surface area contributed by atoms with Gasteiger partial charge in [0.1, 0.15) is 5.75 Å². The average molecular weight is 356 g/mol.